The van der Waals surface area contributed by atoms with E-state index in [0.29, 0.717) is 29.2 Å². The highest BCUT2D eigenvalue weighted by atomic mass is 19.3. The second kappa shape index (κ2) is 9.88. The topological polar surface area (TPSA) is 116 Å². The van der Waals surface area contributed by atoms with E-state index in [9.17, 15) is 18.4 Å². The molecule has 2 aromatic carbocycles. The molecule has 0 saturated carbocycles. The summed E-state index contributed by atoms with van der Waals surface area (Å²) in [7, 11) is 1.54. The lowest BCUT2D eigenvalue weighted by Gasteiger charge is -2.25. The third-order valence-corrected chi connectivity index (χ3v) is 7.08. The van der Waals surface area contributed by atoms with Gasteiger partial charge in [-0.3, -0.25) is 4.79 Å². The number of ether oxygens (including phenoxy) is 3. The van der Waals surface area contributed by atoms with Crippen LogP contribution in [0.5, 0.6) is 17.4 Å². The zero-order valence-corrected chi connectivity index (χ0v) is 22.0. The van der Waals surface area contributed by atoms with Crippen LogP contribution in [-0.4, -0.2) is 45.1 Å². The highest BCUT2D eigenvalue weighted by Crippen LogP contribution is 2.43. The van der Waals surface area contributed by atoms with Gasteiger partial charge in [-0.1, -0.05) is 6.07 Å². The third kappa shape index (κ3) is 4.92. The van der Waals surface area contributed by atoms with Crippen molar-refractivity contribution in [1.82, 2.24) is 14.8 Å². The van der Waals surface area contributed by atoms with Crippen LogP contribution in [0.1, 0.15) is 56.6 Å². The maximum absolute atomic E-state index is 13.4. The number of halogens is 2. The molecule has 0 spiro atoms. The first-order valence-electron chi connectivity index (χ1n) is 12.8. The molecule has 2 aromatic heterocycles. The quantitative estimate of drug-likeness (QED) is 0.335. The van der Waals surface area contributed by atoms with Crippen LogP contribution in [0.4, 0.5) is 14.5 Å². The Morgan fingerprint density at radius 3 is 2.66 bits per heavy atom. The van der Waals surface area contributed by atoms with Gasteiger partial charge >= 0.3 is 12.3 Å². The molecule has 1 N–H and O–H groups in total. The van der Waals surface area contributed by atoms with Crippen LogP contribution in [0.2, 0.25) is 0 Å². The summed E-state index contributed by atoms with van der Waals surface area (Å²) in [5.41, 5.74) is 4.14. The molecule has 41 heavy (non-hydrogen) atoms. The van der Waals surface area contributed by atoms with Gasteiger partial charge in [-0.05, 0) is 62.6 Å². The van der Waals surface area contributed by atoms with Crippen LogP contribution >= 0.6 is 0 Å². The van der Waals surface area contributed by atoms with Crippen LogP contribution in [-0.2, 0) is 6.42 Å². The smallest absolute Gasteiger partial charge is 0.478 e. The molecule has 3 heterocycles. The van der Waals surface area contributed by atoms with Crippen molar-refractivity contribution in [3.8, 4) is 23.1 Å². The predicted octanol–water partition coefficient (Wildman–Crippen LogP) is 5.33. The molecule has 1 unspecified atom stereocenters. The number of pyridine rings is 1. The van der Waals surface area contributed by atoms with Crippen molar-refractivity contribution < 1.29 is 37.7 Å². The molecule has 0 fully saturated rings. The first kappa shape index (κ1) is 26.2. The van der Waals surface area contributed by atoms with Crippen LogP contribution in [0.15, 0.2) is 60.8 Å². The molecular weight excluding hydrogens is 538 g/mol. The molecule has 0 bridgehead atoms. The number of alkyl halides is 2. The number of carbonyl (C=O) groups excluding carboxylic acids is 1. The van der Waals surface area contributed by atoms with Gasteiger partial charge in [0.25, 0.3) is 5.91 Å². The molecule has 1 aliphatic heterocycles. The summed E-state index contributed by atoms with van der Waals surface area (Å²) in [6.07, 6.45) is -0.499. The van der Waals surface area contributed by atoms with Gasteiger partial charge in [-0.15, -0.1) is 8.78 Å². The van der Waals surface area contributed by atoms with Crippen molar-refractivity contribution in [3.63, 3.8) is 0 Å². The number of aromatic carboxylic acids is 1. The van der Waals surface area contributed by atoms with Crippen LogP contribution < -0.4 is 19.1 Å². The molecule has 1 aliphatic carbocycles. The van der Waals surface area contributed by atoms with E-state index in [1.165, 1.54) is 48.5 Å². The van der Waals surface area contributed by atoms with E-state index < -0.39 is 18.4 Å². The lowest BCUT2D eigenvalue weighted by atomic mass is 9.93. The molecule has 210 valence electrons. The molecule has 10 nitrogen and oxygen atoms in total. The van der Waals surface area contributed by atoms with Gasteiger partial charge in [-0.25, -0.2) is 14.5 Å². The summed E-state index contributed by atoms with van der Waals surface area (Å²) in [6, 6.07) is 14.1. The molecule has 4 aromatic rings. The minimum absolute atomic E-state index is 0.0627. The minimum Gasteiger partial charge on any atom is -0.478 e. The number of hydrogen-bond donors (Lipinski definition) is 1. The Morgan fingerprint density at radius 1 is 1.10 bits per heavy atom. The number of carboxylic acid groups (broad SMARTS) is 1. The van der Waals surface area contributed by atoms with E-state index in [2.05, 4.69) is 14.5 Å². The first-order chi connectivity index (χ1) is 19.6. The summed E-state index contributed by atoms with van der Waals surface area (Å²) < 4.78 is 43.8. The molecule has 1 amide bonds. The second-order valence-corrected chi connectivity index (χ2v) is 9.76. The molecule has 2 aliphatic rings. The fourth-order valence-corrected chi connectivity index (χ4v) is 5.08. The standard InChI is InChI=1S/C29H24F2N4O6/c1-16-21-7-4-8-23(39-25-12-9-18(15-32-25)28(37)38)26(21)35(33-16)20-6-3-5-17(13-20)27(36)34(2)19-10-11-22-24(14-19)41-29(30,31)40-22/h3,5-6,9-15,23H,4,7-8H2,1-2H3,(H,37,38). The van der Waals surface area contributed by atoms with E-state index in [4.69, 9.17) is 14.9 Å². The lowest BCUT2D eigenvalue weighted by Crippen LogP contribution is -2.26. The number of fused-ring (bicyclic) bond motifs is 2. The summed E-state index contributed by atoms with van der Waals surface area (Å²) in [4.78, 5) is 30.1. The number of carboxylic acids is 1. The zero-order valence-electron chi connectivity index (χ0n) is 22.0. The van der Waals surface area contributed by atoms with Crippen molar-refractivity contribution in [2.45, 2.75) is 38.6 Å². The number of amides is 1. The van der Waals surface area contributed by atoms with Gasteiger partial charge in [-0.2, -0.15) is 5.10 Å². The average molecular weight is 563 g/mol. The van der Waals surface area contributed by atoms with Crippen LogP contribution in [0.25, 0.3) is 5.69 Å². The van der Waals surface area contributed by atoms with E-state index in [1.807, 2.05) is 13.0 Å². The van der Waals surface area contributed by atoms with Gasteiger partial charge in [0.15, 0.2) is 11.5 Å². The monoisotopic (exact) mass is 562 g/mol. The molecule has 12 heteroatoms. The molecular formula is C29H24F2N4O6. The van der Waals surface area contributed by atoms with E-state index in [1.54, 1.807) is 22.9 Å². The highest BCUT2D eigenvalue weighted by Gasteiger charge is 2.43. The SMILES string of the molecule is Cc1nn(-c2cccc(C(=O)N(C)c3ccc4c(c3)OC(F)(F)O4)c2)c2c1CCCC2Oc1ccc(C(=O)O)cn1. The maximum atomic E-state index is 13.4. The number of aromatic nitrogens is 3. The van der Waals surface area contributed by atoms with Crippen molar-refractivity contribution in [2.24, 2.45) is 0 Å². The molecule has 1 atom stereocenters. The Kier molecular flexibility index (Phi) is 6.32. The Balaban J connectivity index is 1.29. The Labute approximate surface area is 232 Å². The van der Waals surface area contributed by atoms with Crippen LogP contribution in [0, 0.1) is 6.92 Å². The van der Waals surface area contributed by atoms with Crippen LogP contribution in [0.3, 0.4) is 0 Å². The van der Waals surface area contributed by atoms with Gasteiger partial charge in [0, 0.05) is 42.2 Å². The fourth-order valence-electron chi connectivity index (χ4n) is 5.08. The number of benzene rings is 2. The van der Waals surface area contributed by atoms with E-state index in [0.717, 1.165) is 29.8 Å². The first-order valence-corrected chi connectivity index (χ1v) is 12.8. The predicted molar refractivity (Wildman–Crippen MR) is 141 cm³/mol. The fraction of sp³-hybridized carbons (Fsp3) is 0.241. The summed E-state index contributed by atoms with van der Waals surface area (Å²) in [5.74, 6) is -1.41. The lowest BCUT2D eigenvalue weighted by molar-refractivity contribution is -0.286. The Bertz CT molecular complexity index is 1670. The number of carbonyl (C=O) groups is 2. The second-order valence-electron chi connectivity index (χ2n) is 9.76. The third-order valence-electron chi connectivity index (χ3n) is 7.08. The summed E-state index contributed by atoms with van der Waals surface area (Å²) in [5, 5.41) is 13.9. The number of nitrogens with zero attached hydrogens (tertiary/aromatic N) is 4. The zero-order chi connectivity index (χ0) is 28.9. The van der Waals surface area contributed by atoms with Gasteiger partial charge in [0.05, 0.1) is 22.6 Å². The summed E-state index contributed by atoms with van der Waals surface area (Å²) >= 11 is 0. The van der Waals surface area contributed by atoms with Crippen molar-refractivity contribution in [2.75, 3.05) is 11.9 Å². The van der Waals surface area contributed by atoms with E-state index >= 15 is 0 Å². The Hall–Kier alpha value is -5.00. The number of anilines is 1. The average Bonchev–Trinajstić information content (AvgIpc) is 3.47. The molecule has 0 radical (unpaired) electrons. The number of aryl methyl sites for hydroxylation is 1. The van der Waals surface area contributed by atoms with Gasteiger partial charge in [0.1, 0.15) is 6.10 Å². The highest BCUT2D eigenvalue weighted by molar-refractivity contribution is 6.06. The van der Waals surface area contributed by atoms with Crippen molar-refractivity contribution >= 4 is 17.6 Å². The van der Waals surface area contributed by atoms with Gasteiger partial charge < -0.3 is 24.2 Å². The maximum Gasteiger partial charge on any atom is 0.586 e. The van der Waals surface area contributed by atoms with E-state index in [-0.39, 0.29) is 23.0 Å². The normalized spacial score (nSPS) is 16.6. The minimum atomic E-state index is -3.75. The number of hydrogen-bond acceptors (Lipinski definition) is 7. The van der Waals surface area contributed by atoms with Gasteiger partial charge in [0.2, 0.25) is 5.88 Å². The Morgan fingerprint density at radius 2 is 1.90 bits per heavy atom. The molecule has 0 saturated heterocycles. The van der Waals surface area contributed by atoms with Crippen molar-refractivity contribution in [3.05, 3.63) is 88.9 Å². The largest absolute Gasteiger partial charge is 0.586 e. The summed E-state index contributed by atoms with van der Waals surface area (Å²) in [6.45, 7) is 1.92. The molecule has 6 rings (SSSR count). The van der Waals surface area contributed by atoms with Crippen molar-refractivity contribution in [1.29, 1.82) is 0 Å². The number of rotatable bonds is 6.